The highest BCUT2D eigenvalue weighted by molar-refractivity contribution is 5.98. The third-order valence-electron chi connectivity index (χ3n) is 9.33. The molecule has 3 aliphatic rings. The van der Waals surface area contributed by atoms with Crippen molar-refractivity contribution in [3.8, 4) is 0 Å². The summed E-state index contributed by atoms with van der Waals surface area (Å²) in [7, 11) is 1.28. The van der Waals surface area contributed by atoms with E-state index in [0.29, 0.717) is 44.9 Å². The summed E-state index contributed by atoms with van der Waals surface area (Å²) >= 11 is 0. The number of hydrogen-bond acceptors (Lipinski definition) is 9. The van der Waals surface area contributed by atoms with Crippen LogP contribution in [0.2, 0.25) is 0 Å². The molecule has 0 saturated carbocycles. The van der Waals surface area contributed by atoms with Crippen LogP contribution in [0.15, 0.2) is 84.9 Å². The first-order valence-corrected chi connectivity index (χ1v) is 16.8. The minimum Gasteiger partial charge on any atom is -0.453 e. The average molecular weight is 673 g/mol. The van der Waals surface area contributed by atoms with E-state index in [1.54, 1.807) is 0 Å². The van der Waals surface area contributed by atoms with Crippen LogP contribution in [0.5, 0.6) is 0 Å². The maximum atomic E-state index is 14.0. The van der Waals surface area contributed by atoms with E-state index in [1.165, 1.54) is 7.11 Å². The van der Waals surface area contributed by atoms with Crippen molar-refractivity contribution in [3.63, 3.8) is 0 Å². The zero-order chi connectivity index (χ0) is 34.0. The Morgan fingerprint density at radius 3 is 2.29 bits per heavy atom. The van der Waals surface area contributed by atoms with Gasteiger partial charge in [0.25, 0.3) is 0 Å². The molecule has 0 spiro atoms. The van der Waals surface area contributed by atoms with E-state index in [2.05, 4.69) is 21.3 Å². The van der Waals surface area contributed by atoms with Crippen molar-refractivity contribution < 1.29 is 38.1 Å². The van der Waals surface area contributed by atoms with Crippen molar-refractivity contribution in [2.45, 2.75) is 55.7 Å². The molecule has 12 nitrogen and oxygen atoms in total. The van der Waals surface area contributed by atoms with E-state index >= 15 is 0 Å². The van der Waals surface area contributed by atoms with Crippen LogP contribution in [-0.4, -0.2) is 88.7 Å². The Morgan fingerprint density at radius 1 is 0.878 bits per heavy atom. The van der Waals surface area contributed by atoms with Gasteiger partial charge in [0.15, 0.2) is 6.29 Å². The zero-order valence-electron chi connectivity index (χ0n) is 27.5. The van der Waals surface area contributed by atoms with Gasteiger partial charge in [0, 0.05) is 24.1 Å². The van der Waals surface area contributed by atoms with Crippen molar-refractivity contribution in [2.24, 2.45) is 5.92 Å². The number of alkyl carbamates (subject to hydrolysis) is 2. The molecule has 4 N–H and O–H groups in total. The summed E-state index contributed by atoms with van der Waals surface area (Å²) in [5, 5.41) is 12.2. The predicted molar refractivity (Wildman–Crippen MR) is 181 cm³/mol. The van der Waals surface area contributed by atoms with Crippen molar-refractivity contribution in [2.75, 3.05) is 45.4 Å². The van der Waals surface area contributed by atoms with E-state index in [4.69, 9.17) is 23.7 Å². The van der Waals surface area contributed by atoms with Gasteiger partial charge in [-0.3, -0.25) is 4.79 Å². The number of carbonyl (C=O) groups excluding carboxylic acids is 3. The number of methoxy groups -OCH3 is 1. The highest BCUT2D eigenvalue weighted by atomic mass is 16.7. The molecule has 3 aliphatic heterocycles. The molecule has 1 unspecified atom stereocenters. The first kappa shape index (κ1) is 34.4. The lowest BCUT2D eigenvalue weighted by molar-refractivity contribution is -0.118. The second-order valence-electron chi connectivity index (χ2n) is 12.5. The van der Waals surface area contributed by atoms with Gasteiger partial charge in [0.2, 0.25) is 5.91 Å². The molecule has 3 amide bonds. The van der Waals surface area contributed by atoms with Crippen LogP contribution in [0.4, 0.5) is 15.3 Å². The lowest BCUT2D eigenvalue weighted by Crippen LogP contribution is -2.50. The van der Waals surface area contributed by atoms with Crippen LogP contribution >= 0.6 is 0 Å². The number of nitrogens with one attached hydrogen (secondary N) is 4. The molecule has 0 radical (unpaired) electrons. The highest BCUT2D eigenvalue weighted by Gasteiger charge is 2.42. The van der Waals surface area contributed by atoms with Crippen LogP contribution in [0, 0.1) is 5.92 Å². The molecule has 0 bridgehead atoms. The Morgan fingerprint density at radius 2 is 1.59 bits per heavy atom. The standard InChI is InChI=1S/C37H44N4O8/c1-45-36(43)41-33(32(25-11-4-2-5-12-25)26-13-6-3-7-14-26)34(42)39-30-15-9-8-10-24(30)16-17-28-20-38-27(21-47-28)22-49-37(44)40-31-23-48-35-29(31)18-19-46-35/h2-15,27-29,31-33,35,38H,16-23H2,1H3,(H,39,42)(H,40,44)(H,41,43)/t27-,28+,29-,31?,33-,35+/m0/s1. The van der Waals surface area contributed by atoms with Gasteiger partial charge in [0.05, 0.1) is 45.1 Å². The molecule has 6 atom stereocenters. The van der Waals surface area contributed by atoms with Crippen LogP contribution in [-0.2, 0) is 34.9 Å². The molecule has 0 aromatic heterocycles. The van der Waals surface area contributed by atoms with E-state index in [-0.39, 0.29) is 42.9 Å². The quantitative estimate of drug-likeness (QED) is 0.225. The van der Waals surface area contributed by atoms with Crippen LogP contribution < -0.4 is 21.3 Å². The lowest BCUT2D eigenvalue weighted by Gasteiger charge is -2.30. The fraction of sp³-hybridized carbons (Fsp3) is 0.432. The van der Waals surface area contributed by atoms with Gasteiger partial charge in [-0.2, -0.15) is 0 Å². The maximum absolute atomic E-state index is 14.0. The first-order chi connectivity index (χ1) is 24.0. The number of fused-ring (bicyclic) bond motifs is 1. The number of rotatable bonds is 12. The van der Waals surface area contributed by atoms with Crippen molar-refractivity contribution in [1.82, 2.24) is 16.0 Å². The van der Waals surface area contributed by atoms with Gasteiger partial charge in [-0.05, 0) is 42.0 Å². The fourth-order valence-corrected chi connectivity index (χ4v) is 6.71. The molecular formula is C37H44N4O8. The van der Waals surface area contributed by atoms with E-state index in [9.17, 15) is 14.4 Å². The molecule has 3 fully saturated rings. The smallest absolute Gasteiger partial charge is 0.407 e. The second kappa shape index (κ2) is 16.8. The monoisotopic (exact) mass is 672 g/mol. The summed E-state index contributed by atoms with van der Waals surface area (Å²) in [6.45, 7) is 2.27. The summed E-state index contributed by atoms with van der Waals surface area (Å²) < 4.78 is 27.6. The summed E-state index contributed by atoms with van der Waals surface area (Å²) in [6.07, 6.45) is 0.772. The number of hydrogen-bond donors (Lipinski definition) is 4. The van der Waals surface area contributed by atoms with E-state index < -0.39 is 24.1 Å². The number of para-hydroxylation sites is 1. The Balaban J connectivity index is 1.03. The number of ether oxygens (including phenoxy) is 5. The van der Waals surface area contributed by atoms with Gasteiger partial charge >= 0.3 is 12.2 Å². The summed E-state index contributed by atoms with van der Waals surface area (Å²) in [6, 6.07) is 25.7. The second-order valence-corrected chi connectivity index (χ2v) is 12.5. The van der Waals surface area contributed by atoms with Gasteiger partial charge < -0.3 is 45.0 Å². The Bertz CT molecular complexity index is 1500. The van der Waals surface area contributed by atoms with Crippen LogP contribution in [0.25, 0.3) is 0 Å². The number of morpholine rings is 1. The van der Waals surface area contributed by atoms with Crippen molar-refractivity contribution in [1.29, 1.82) is 0 Å². The molecular weight excluding hydrogens is 628 g/mol. The van der Waals surface area contributed by atoms with Crippen molar-refractivity contribution >= 4 is 23.8 Å². The number of carbonyl (C=O) groups is 3. The largest absolute Gasteiger partial charge is 0.453 e. The maximum Gasteiger partial charge on any atom is 0.407 e. The van der Waals surface area contributed by atoms with Crippen LogP contribution in [0.3, 0.4) is 0 Å². The number of benzene rings is 3. The molecule has 0 aliphatic carbocycles. The Labute approximate surface area is 286 Å². The number of amides is 3. The van der Waals surface area contributed by atoms with E-state index in [1.807, 2.05) is 84.9 Å². The van der Waals surface area contributed by atoms with Gasteiger partial charge in [-0.15, -0.1) is 0 Å². The SMILES string of the molecule is COC(=O)N[C@H](C(=O)Nc1ccccc1CC[C@@H]1CN[C@H](COC(=O)NC2CO[C@H]3OCC[C@@H]23)CO1)C(c1ccccc1)c1ccccc1. The molecule has 3 aromatic carbocycles. The number of aryl methyl sites for hydroxylation is 1. The minimum absolute atomic E-state index is 0.0574. The van der Waals surface area contributed by atoms with E-state index in [0.717, 1.165) is 23.1 Å². The average Bonchev–Trinajstić information content (AvgIpc) is 3.76. The molecule has 49 heavy (non-hydrogen) atoms. The molecule has 12 heteroatoms. The molecule has 6 rings (SSSR count). The summed E-state index contributed by atoms with van der Waals surface area (Å²) in [4.78, 5) is 39.0. The third kappa shape index (κ3) is 8.95. The third-order valence-corrected chi connectivity index (χ3v) is 9.33. The summed E-state index contributed by atoms with van der Waals surface area (Å²) in [5.41, 5.74) is 3.37. The molecule has 260 valence electrons. The molecule has 3 heterocycles. The lowest BCUT2D eigenvalue weighted by atomic mass is 9.84. The van der Waals surface area contributed by atoms with Gasteiger partial charge in [-0.25, -0.2) is 9.59 Å². The Kier molecular flexibility index (Phi) is 11.8. The van der Waals surface area contributed by atoms with Gasteiger partial charge in [0.1, 0.15) is 12.6 Å². The fourth-order valence-electron chi connectivity index (χ4n) is 6.71. The first-order valence-electron chi connectivity index (χ1n) is 16.8. The molecule has 3 saturated heterocycles. The zero-order valence-corrected chi connectivity index (χ0v) is 27.5. The summed E-state index contributed by atoms with van der Waals surface area (Å²) in [5.74, 6) is -0.666. The Hall–Kier alpha value is -4.49. The van der Waals surface area contributed by atoms with Crippen molar-refractivity contribution in [3.05, 3.63) is 102 Å². The number of anilines is 1. The predicted octanol–water partition coefficient (Wildman–Crippen LogP) is 3.96. The van der Waals surface area contributed by atoms with Crippen LogP contribution in [0.1, 0.15) is 35.4 Å². The minimum atomic E-state index is -0.961. The van der Waals surface area contributed by atoms with Gasteiger partial charge in [-0.1, -0.05) is 78.9 Å². The molecule has 3 aromatic rings. The normalized spacial score (nSPS) is 23.7. The highest BCUT2D eigenvalue weighted by Crippen LogP contribution is 2.32. The topological polar surface area (TPSA) is 145 Å².